The van der Waals surface area contributed by atoms with E-state index < -0.39 is 11.6 Å². The highest BCUT2D eigenvalue weighted by Crippen LogP contribution is 2.35. The zero-order valence-corrected chi connectivity index (χ0v) is 27.5. The first-order chi connectivity index (χ1) is 24.0. The second kappa shape index (κ2) is 16.5. The molecule has 10 nitrogen and oxygen atoms in total. The van der Waals surface area contributed by atoms with E-state index in [1.165, 1.54) is 18.2 Å². The number of unbranched alkanes of at least 4 members (excludes halogenated alkanes) is 2. The summed E-state index contributed by atoms with van der Waals surface area (Å²) in [6.45, 7) is 3.49. The van der Waals surface area contributed by atoms with Crippen molar-refractivity contribution in [1.82, 2.24) is 30.3 Å². The zero-order valence-electron chi connectivity index (χ0n) is 26.7. The van der Waals surface area contributed by atoms with E-state index in [9.17, 15) is 13.6 Å². The average Bonchev–Trinajstić information content (AvgIpc) is 3.52. The van der Waals surface area contributed by atoms with E-state index in [1.807, 2.05) is 35.1 Å². The third kappa shape index (κ3) is 8.58. The van der Waals surface area contributed by atoms with E-state index >= 15 is 0 Å². The second-order valence-corrected chi connectivity index (χ2v) is 11.9. The van der Waals surface area contributed by atoms with Crippen LogP contribution < -0.4 is 10.6 Å². The van der Waals surface area contributed by atoms with E-state index in [4.69, 9.17) is 21.3 Å². The van der Waals surface area contributed by atoms with Crippen LogP contribution in [0.2, 0.25) is 5.02 Å². The van der Waals surface area contributed by atoms with Crippen LogP contribution in [-0.4, -0.2) is 63.3 Å². The summed E-state index contributed by atoms with van der Waals surface area (Å²) in [6, 6.07) is 16.6. The Morgan fingerprint density at radius 2 is 1.78 bits per heavy atom. The van der Waals surface area contributed by atoms with Crippen molar-refractivity contribution >= 4 is 35.2 Å². The first kappa shape index (κ1) is 34.0. The van der Waals surface area contributed by atoms with Crippen molar-refractivity contribution in [3.8, 4) is 22.5 Å². The van der Waals surface area contributed by atoms with Gasteiger partial charge in [0.2, 0.25) is 5.95 Å². The highest BCUT2D eigenvalue weighted by molar-refractivity contribution is 6.31. The minimum absolute atomic E-state index is 0.137. The number of ether oxygens (including phenoxy) is 1. The first-order valence-electron chi connectivity index (χ1n) is 16.1. The Labute approximate surface area is 287 Å². The van der Waals surface area contributed by atoms with E-state index in [0.29, 0.717) is 46.5 Å². The predicted molar refractivity (Wildman–Crippen MR) is 185 cm³/mol. The van der Waals surface area contributed by atoms with Gasteiger partial charge >= 0.3 is 0 Å². The zero-order chi connectivity index (χ0) is 34.0. The van der Waals surface area contributed by atoms with Crippen molar-refractivity contribution in [3.63, 3.8) is 0 Å². The van der Waals surface area contributed by atoms with Gasteiger partial charge in [0.1, 0.15) is 23.6 Å². The molecular formula is C36H35ClF2N8O2. The van der Waals surface area contributed by atoms with Crippen LogP contribution in [0.5, 0.6) is 0 Å². The van der Waals surface area contributed by atoms with Crippen LogP contribution in [0.1, 0.15) is 42.4 Å². The number of nitrogens with one attached hydrogen (secondary N) is 2. The number of hydrogen-bond donors (Lipinski definition) is 2. The van der Waals surface area contributed by atoms with Gasteiger partial charge in [-0.15, -0.1) is 5.10 Å². The molecule has 1 aliphatic heterocycles. The van der Waals surface area contributed by atoms with E-state index in [1.54, 1.807) is 24.4 Å². The Hall–Kier alpha value is -4.91. The molecule has 0 saturated heterocycles. The number of aliphatic imine (C=N–C) groups is 1. The highest BCUT2D eigenvalue weighted by Gasteiger charge is 2.25. The minimum Gasteiger partial charge on any atom is -0.381 e. The monoisotopic (exact) mass is 684 g/mol. The van der Waals surface area contributed by atoms with Gasteiger partial charge < -0.3 is 20.2 Å². The number of halogens is 3. The topological polar surface area (TPSA) is 119 Å². The van der Waals surface area contributed by atoms with Gasteiger partial charge in [0.05, 0.1) is 36.3 Å². The summed E-state index contributed by atoms with van der Waals surface area (Å²) in [5, 5.41) is 15.3. The summed E-state index contributed by atoms with van der Waals surface area (Å²) in [7, 11) is 0. The molecule has 6 rings (SSSR count). The number of benzene rings is 3. The second-order valence-electron chi connectivity index (χ2n) is 11.5. The molecule has 1 aliphatic rings. The smallest absolute Gasteiger partial charge is 0.227 e. The van der Waals surface area contributed by atoms with Gasteiger partial charge in [-0.2, -0.15) is 0 Å². The normalized spacial score (nSPS) is 12.2. The van der Waals surface area contributed by atoms with Crippen LogP contribution in [0.15, 0.2) is 78.0 Å². The summed E-state index contributed by atoms with van der Waals surface area (Å²) >= 11 is 6.34. The molecule has 3 aromatic carbocycles. The molecule has 0 radical (unpaired) electrons. The molecule has 252 valence electrons. The SMILES string of the molecule is O=CCNCCCOCCCCCn1cc(-c2ccc(Nc3ncc4c(n3)-c3ccc(Cl)cc3C(c3c(F)cccc3F)=NC4)cc2)nn1. The van der Waals surface area contributed by atoms with Crippen LogP contribution in [0, 0.1) is 11.6 Å². The summed E-state index contributed by atoms with van der Waals surface area (Å²) in [5.74, 6) is -1.06. The highest BCUT2D eigenvalue weighted by atomic mass is 35.5. The lowest BCUT2D eigenvalue weighted by atomic mass is 9.95. The Bertz CT molecular complexity index is 1910. The number of aldehydes is 1. The van der Waals surface area contributed by atoms with Gasteiger partial charge in [0.15, 0.2) is 0 Å². The summed E-state index contributed by atoms with van der Waals surface area (Å²) in [6.07, 6.45) is 8.34. The molecule has 13 heteroatoms. The lowest BCUT2D eigenvalue weighted by Gasteiger charge is -2.13. The largest absolute Gasteiger partial charge is 0.381 e. The van der Waals surface area contributed by atoms with Crippen LogP contribution in [0.4, 0.5) is 20.4 Å². The number of rotatable bonds is 16. The standard InChI is InChI=1S/C36H35ClF2N8O2/c37-26-10-13-28-29(20-26)35(33-30(38)6-4-7-31(33)39)41-21-25-22-42-36(44-34(25)28)43-27-11-8-24(9-12-27)32-23-47(46-45-32)16-2-1-3-18-49-19-5-14-40-15-17-48/h4,6-13,17,20,22-23,40H,1-3,5,14-16,18-19,21H2,(H,42,43,44). The van der Waals surface area contributed by atoms with Crippen LogP contribution in [-0.2, 0) is 22.6 Å². The lowest BCUT2D eigenvalue weighted by Crippen LogP contribution is -2.18. The average molecular weight is 685 g/mol. The molecule has 49 heavy (non-hydrogen) atoms. The van der Waals surface area contributed by atoms with Crippen molar-refractivity contribution in [1.29, 1.82) is 0 Å². The molecule has 0 unspecified atom stereocenters. The Morgan fingerprint density at radius 3 is 2.59 bits per heavy atom. The molecule has 0 atom stereocenters. The number of anilines is 2. The van der Waals surface area contributed by atoms with Gasteiger partial charge in [-0.25, -0.2) is 18.7 Å². The van der Waals surface area contributed by atoms with E-state index in [2.05, 4.69) is 30.9 Å². The Kier molecular flexibility index (Phi) is 11.4. The van der Waals surface area contributed by atoms with Gasteiger partial charge in [-0.05, 0) is 68.6 Å². The molecule has 2 N–H and O–H groups in total. The van der Waals surface area contributed by atoms with Crippen LogP contribution >= 0.6 is 11.6 Å². The lowest BCUT2D eigenvalue weighted by molar-refractivity contribution is -0.107. The number of carbonyl (C=O) groups excluding carboxylic acids is 1. The molecular weight excluding hydrogens is 650 g/mol. The maximum atomic E-state index is 14.9. The molecule has 2 aromatic heterocycles. The number of nitrogens with zero attached hydrogens (tertiary/aromatic N) is 6. The maximum Gasteiger partial charge on any atom is 0.227 e. The molecule has 0 saturated carbocycles. The molecule has 0 amide bonds. The minimum atomic E-state index is -0.707. The number of carbonyl (C=O) groups is 1. The third-order valence-electron chi connectivity index (χ3n) is 7.98. The first-order valence-corrected chi connectivity index (χ1v) is 16.5. The molecule has 0 aliphatic carbocycles. The van der Waals surface area contributed by atoms with Crippen molar-refractivity contribution in [2.45, 2.75) is 38.8 Å². The van der Waals surface area contributed by atoms with Crippen LogP contribution in [0.25, 0.3) is 22.5 Å². The Balaban J connectivity index is 1.06. The third-order valence-corrected chi connectivity index (χ3v) is 8.22. The molecule has 5 aromatic rings. The van der Waals surface area contributed by atoms with Crippen molar-refractivity contribution < 1.29 is 18.3 Å². The fourth-order valence-electron chi connectivity index (χ4n) is 5.53. The van der Waals surface area contributed by atoms with E-state index in [-0.39, 0.29) is 17.8 Å². The molecule has 0 spiro atoms. The summed E-state index contributed by atoms with van der Waals surface area (Å²) < 4.78 is 37.2. The fraction of sp³-hybridized carbons (Fsp3) is 0.278. The van der Waals surface area contributed by atoms with Gasteiger partial charge in [0.25, 0.3) is 0 Å². The van der Waals surface area contributed by atoms with Gasteiger partial charge in [-0.3, -0.25) is 9.67 Å². The van der Waals surface area contributed by atoms with Crippen LogP contribution in [0.3, 0.4) is 0 Å². The fourth-order valence-corrected chi connectivity index (χ4v) is 5.70. The quantitative estimate of drug-likeness (QED) is 0.0861. The van der Waals surface area contributed by atoms with Crippen molar-refractivity contribution in [3.05, 3.63) is 106 Å². The number of hydrogen-bond acceptors (Lipinski definition) is 9. The van der Waals surface area contributed by atoms with E-state index in [0.717, 1.165) is 68.6 Å². The van der Waals surface area contributed by atoms with Crippen molar-refractivity contribution in [2.75, 3.05) is 31.6 Å². The number of aromatic nitrogens is 5. The summed E-state index contributed by atoms with van der Waals surface area (Å²) in [4.78, 5) is 24.2. The Morgan fingerprint density at radius 1 is 0.959 bits per heavy atom. The predicted octanol–water partition coefficient (Wildman–Crippen LogP) is 6.79. The van der Waals surface area contributed by atoms with Gasteiger partial charge in [0, 0.05) is 58.9 Å². The summed E-state index contributed by atoms with van der Waals surface area (Å²) in [5.41, 5.74) is 4.87. The maximum absolute atomic E-state index is 14.9. The molecule has 3 heterocycles. The van der Waals surface area contributed by atoms with Gasteiger partial charge in [-0.1, -0.05) is 41.1 Å². The molecule has 0 bridgehead atoms. The molecule has 0 fully saturated rings. The number of aryl methyl sites for hydroxylation is 1. The van der Waals surface area contributed by atoms with Crippen molar-refractivity contribution in [2.24, 2.45) is 4.99 Å². The number of fused-ring (bicyclic) bond motifs is 3.